The van der Waals surface area contributed by atoms with Gasteiger partial charge in [0.15, 0.2) is 0 Å². The fourth-order valence-electron chi connectivity index (χ4n) is 4.60. The van der Waals surface area contributed by atoms with Gasteiger partial charge in [-0.05, 0) is 41.7 Å². The summed E-state index contributed by atoms with van der Waals surface area (Å²) in [6.07, 6.45) is 0.295. The highest BCUT2D eigenvalue weighted by molar-refractivity contribution is 6.30. The first kappa shape index (κ1) is 23.5. The molecule has 1 saturated heterocycles. The van der Waals surface area contributed by atoms with Crippen molar-refractivity contribution in [3.05, 3.63) is 69.2 Å². The van der Waals surface area contributed by atoms with Crippen LogP contribution < -0.4 is 5.32 Å². The fourth-order valence-corrected chi connectivity index (χ4v) is 4.99. The van der Waals surface area contributed by atoms with E-state index in [2.05, 4.69) is 11.4 Å². The van der Waals surface area contributed by atoms with E-state index in [9.17, 15) is 15.2 Å². The predicted molar refractivity (Wildman–Crippen MR) is 115 cm³/mol. The number of nitrogens with one attached hydrogen (secondary N) is 1. The quantitative estimate of drug-likeness (QED) is 0.607. The minimum absolute atomic E-state index is 0.153. The smallest absolute Gasteiger partial charge is 0.321 e. The van der Waals surface area contributed by atoms with Gasteiger partial charge in [0.2, 0.25) is 0 Å². The molecular formula is C23H22Cl2F2N2O2. The molecule has 2 aromatic rings. The molecule has 1 fully saturated rings. The molecule has 0 spiro atoms. The molecule has 3 rings (SSSR count). The maximum atomic E-state index is 15.2. The number of hydrogen-bond acceptors (Lipinski definition) is 3. The van der Waals surface area contributed by atoms with Gasteiger partial charge < -0.3 is 5.11 Å². The number of hydrogen-bond donors (Lipinski definition) is 2. The van der Waals surface area contributed by atoms with Gasteiger partial charge in [0.25, 0.3) is 0 Å². The Hall–Kier alpha value is -2.20. The van der Waals surface area contributed by atoms with Gasteiger partial charge >= 0.3 is 5.97 Å². The average molecular weight is 467 g/mol. The van der Waals surface area contributed by atoms with E-state index in [-0.39, 0.29) is 10.4 Å². The molecule has 4 unspecified atom stereocenters. The van der Waals surface area contributed by atoms with Crippen molar-refractivity contribution < 1.29 is 18.7 Å². The number of carboxylic acid groups (broad SMARTS) is 1. The number of carboxylic acids is 1. The van der Waals surface area contributed by atoms with Gasteiger partial charge in [-0.3, -0.25) is 10.1 Å². The van der Waals surface area contributed by atoms with Gasteiger partial charge in [-0.1, -0.05) is 56.1 Å². The molecule has 1 aliphatic heterocycles. The molecule has 0 saturated carbocycles. The second-order valence-corrected chi connectivity index (χ2v) is 9.93. The van der Waals surface area contributed by atoms with Crippen molar-refractivity contribution in [1.29, 1.82) is 5.26 Å². The van der Waals surface area contributed by atoms with E-state index in [1.165, 1.54) is 6.07 Å². The molecule has 4 atom stereocenters. The fraction of sp³-hybridized carbons (Fsp3) is 0.391. The van der Waals surface area contributed by atoms with Gasteiger partial charge in [0.05, 0.1) is 6.07 Å². The minimum Gasteiger partial charge on any atom is -0.480 e. The van der Waals surface area contributed by atoms with Crippen molar-refractivity contribution in [2.75, 3.05) is 0 Å². The van der Waals surface area contributed by atoms with E-state index in [1.807, 2.05) is 20.8 Å². The third-order valence-corrected chi connectivity index (χ3v) is 6.10. The number of nitriles is 1. The molecule has 1 heterocycles. The predicted octanol–water partition coefficient (Wildman–Crippen LogP) is 5.68. The third kappa shape index (κ3) is 4.27. The van der Waals surface area contributed by atoms with E-state index in [1.54, 1.807) is 18.2 Å². The lowest BCUT2D eigenvalue weighted by atomic mass is 9.62. The lowest BCUT2D eigenvalue weighted by Crippen LogP contribution is -2.45. The first-order valence-electron chi connectivity index (χ1n) is 9.71. The zero-order chi connectivity index (χ0) is 23.1. The largest absolute Gasteiger partial charge is 0.480 e. The molecule has 164 valence electrons. The minimum atomic E-state index is -1.86. The van der Waals surface area contributed by atoms with E-state index in [4.69, 9.17) is 23.2 Å². The molecule has 31 heavy (non-hydrogen) atoms. The number of halogens is 4. The van der Waals surface area contributed by atoms with Crippen LogP contribution in [-0.2, 0) is 10.2 Å². The number of carbonyl (C=O) groups is 1. The zero-order valence-corrected chi connectivity index (χ0v) is 18.7. The Balaban J connectivity index is 2.39. The van der Waals surface area contributed by atoms with E-state index in [0.29, 0.717) is 17.0 Å². The van der Waals surface area contributed by atoms with Gasteiger partial charge in [0.1, 0.15) is 23.1 Å². The Morgan fingerprint density at radius 1 is 1.19 bits per heavy atom. The summed E-state index contributed by atoms with van der Waals surface area (Å²) in [6, 6.07) is 8.26. The molecule has 0 aliphatic carbocycles. The van der Waals surface area contributed by atoms with Crippen LogP contribution in [0.5, 0.6) is 0 Å². The second kappa shape index (κ2) is 8.38. The Labute approximate surface area is 189 Å². The van der Waals surface area contributed by atoms with Crippen LogP contribution in [0.15, 0.2) is 36.4 Å². The lowest BCUT2D eigenvalue weighted by molar-refractivity contribution is -0.139. The summed E-state index contributed by atoms with van der Waals surface area (Å²) in [7, 11) is 0. The van der Waals surface area contributed by atoms with Crippen LogP contribution in [0.3, 0.4) is 0 Å². The van der Waals surface area contributed by atoms with Gasteiger partial charge in [-0.2, -0.15) is 5.26 Å². The Kier molecular flexibility index (Phi) is 6.35. The monoisotopic (exact) mass is 466 g/mol. The molecule has 2 N–H and O–H groups in total. The maximum absolute atomic E-state index is 15.2. The Morgan fingerprint density at radius 2 is 1.81 bits per heavy atom. The van der Waals surface area contributed by atoms with Crippen LogP contribution >= 0.6 is 23.2 Å². The van der Waals surface area contributed by atoms with E-state index < -0.39 is 46.6 Å². The first-order chi connectivity index (χ1) is 14.4. The lowest BCUT2D eigenvalue weighted by Gasteiger charge is -2.37. The normalized spacial score (nSPS) is 25.9. The van der Waals surface area contributed by atoms with Gasteiger partial charge in [-0.15, -0.1) is 0 Å². The van der Waals surface area contributed by atoms with Gasteiger partial charge in [0, 0.05) is 27.6 Å². The van der Waals surface area contributed by atoms with Crippen LogP contribution in [0.1, 0.15) is 44.2 Å². The summed E-state index contributed by atoms with van der Waals surface area (Å²) >= 11 is 12.0. The molecule has 0 aromatic heterocycles. The topological polar surface area (TPSA) is 73.1 Å². The van der Waals surface area contributed by atoms with E-state index in [0.717, 1.165) is 12.1 Å². The van der Waals surface area contributed by atoms with Crippen LogP contribution in [0.4, 0.5) is 8.78 Å². The molecule has 1 aliphatic rings. The second-order valence-electron chi connectivity index (χ2n) is 9.06. The van der Waals surface area contributed by atoms with Crippen molar-refractivity contribution in [2.24, 2.45) is 5.41 Å². The molecule has 8 heteroatoms. The standard InChI is InChI=1S/C23H22Cl2F2N2O2/c1-22(2,3)10-17-23(11-28,19-15(26)8-14(25)9-16(19)27)18(20(29-17)21(30)31)12-5-4-6-13(24)7-12/h4-9,17-18,20,29H,10H2,1-3H3,(H,30,31). The van der Waals surface area contributed by atoms with Crippen LogP contribution in [0, 0.1) is 28.4 Å². The third-order valence-electron chi connectivity index (χ3n) is 5.65. The first-order valence-corrected chi connectivity index (χ1v) is 10.5. The zero-order valence-electron chi connectivity index (χ0n) is 17.2. The number of benzene rings is 2. The molecule has 0 radical (unpaired) electrons. The van der Waals surface area contributed by atoms with Gasteiger partial charge in [-0.25, -0.2) is 8.78 Å². The van der Waals surface area contributed by atoms with E-state index >= 15 is 8.78 Å². The molecule has 4 nitrogen and oxygen atoms in total. The Morgan fingerprint density at radius 3 is 2.29 bits per heavy atom. The van der Waals surface area contributed by atoms with Crippen LogP contribution in [-0.4, -0.2) is 23.2 Å². The number of rotatable bonds is 4. The summed E-state index contributed by atoms with van der Waals surface area (Å²) in [5, 5.41) is 23.6. The van der Waals surface area contributed by atoms with Crippen molar-refractivity contribution in [3.63, 3.8) is 0 Å². The maximum Gasteiger partial charge on any atom is 0.321 e. The summed E-state index contributed by atoms with van der Waals surface area (Å²) in [5.41, 5.74) is -2.32. The van der Waals surface area contributed by atoms with Crippen LogP contribution in [0.2, 0.25) is 10.0 Å². The summed E-state index contributed by atoms with van der Waals surface area (Å²) in [6.45, 7) is 5.73. The summed E-state index contributed by atoms with van der Waals surface area (Å²) in [4.78, 5) is 12.2. The van der Waals surface area contributed by atoms with Crippen molar-refractivity contribution >= 4 is 29.2 Å². The van der Waals surface area contributed by atoms with Crippen molar-refractivity contribution in [2.45, 2.75) is 50.6 Å². The van der Waals surface area contributed by atoms with Crippen molar-refractivity contribution in [1.82, 2.24) is 5.32 Å². The summed E-state index contributed by atoms with van der Waals surface area (Å²) < 4.78 is 30.4. The summed E-state index contributed by atoms with van der Waals surface area (Å²) in [5.74, 6) is -4.32. The number of nitrogens with zero attached hydrogens (tertiary/aromatic N) is 1. The molecule has 0 bridgehead atoms. The molecular weight excluding hydrogens is 445 g/mol. The molecule has 0 amide bonds. The highest BCUT2D eigenvalue weighted by atomic mass is 35.5. The van der Waals surface area contributed by atoms with Crippen LogP contribution in [0.25, 0.3) is 0 Å². The number of aliphatic carboxylic acids is 1. The SMILES string of the molecule is CC(C)(C)CC1NC(C(=O)O)C(c2cccc(Cl)c2)C1(C#N)c1c(F)cc(Cl)cc1F. The Bertz CT molecular complexity index is 1040. The van der Waals surface area contributed by atoms with Crippen molar-refractivity contribution in [3.8, 4) is 6.07 Å². The average Bonchev–Trinajstić information content (AvgIpc) is 2.94. The highest BCUT2D eigenvalue weighted by Crippen LogP contribution is 2.52. The molecule has 2 aromatic carbocycles. The highest BCUT2D eigenvalue weighted by Gasteiger charge is 2.61.